The second-order valence-corrected chi connectivity index (χ2v) is 4.46. The van der Waals surface area contributed by atoms with Crippen molar-refractivity contribution in [1.29, 1.82) is 5.26 Å². The molecular weight excluding hydrogens is 236 g/mol. The lowest BCUT2D eigenvalue weighted by atomic mass is 10.2. The SMILES string of the molecule is N#C/C(=C/C=C/c1ccccc1)C(=O)N1CCCC1. The van der Waals surface area contributed by atoms with E-state index in [1.807, 2.05) is 42.5 Å². The molecule has 1 aliphatic heterocycles. The van der Waals surface area contributed by atoms with Crippen LogP contribution in [0, 0.1) is 11.3 Å². The Labute approximate surface area is 113 Å². The van der Waals surface area contributed by atoms with Gasteiger partial charge in [-0.15, -0.1) is 0 Å². The number of nitriles is 1. The highest BCUT2D eigenvalue weighted by Crippen LogP contribution is 2.11. The van der Waals surface area contributed by atoms with Crippen LogP contribution < -0.4 is 0 Å². The number of amides is 1. The molecule has 0 radical (unpaired) electrons. The van der Waals surface area contributed by atoms with Gasteiger partial charge in [-0.3, -0.25) is 4.79 Å². The molecule has 1 aromatic rings. The highest BCUT2D eigenvalue weighted by molar-refractivity contribution is 5.97. The van der Waals surface area contributed by atoms with E-state index in [4.69, 9.17) is 5.26 Å². The van der Waals surface area contributed by atoms with Crippen LogP contribution in [0.1, 0.15) is 18.4 Å². The van der Waals surface area contributed by atoms with Gasteiger partial charge in [0.2, 0.25) is 0 Å². The van der Waals surface area contributed by atoms with Gasteiger partial charge in [0.25, 0.3) is 5.91 Å². The maximum Gasteiger partial charge on any atom is 0.264 e. The molecule has 1 aromatic carbocycles. The summed E-state index contributed by atoms with van der Waals surface area (Å²) in [6.45, 7) is 1.53. The van der Waals surface area contributed by atoms with Crippen molar-refractivity contribution in [2.75, 3.05) is 13.1 Å². The maximum absolute atomic E-state index is 12.0. The number of carbonyl (C=O) groups is 1. The highest BCUT2D eigenvalue weighted by Gasteiger charge is 2.20. The zero-order chi connectivity index (χ0) is 13.5. The zero-order valence-electron chi connectivity index (χ0n) is 10.7. The molecule has 3 heteroatoms. The first-order valence-corrected chi connectivity index (χ1v) is 6.44. The minimum absolute atomic E-state index is 0.155. The monoisotopic (exact) mass is 252 g/mol. The predicted molar refractivity (Wildman–Crippen MR) is 75.0 cm³/mol. The van der Waals surface area contributed by atoms with Crippen LogP contribution in [0.5, 0.6) is 0 Å². The van der Waals surface area contributed by atoms with Gasteiger partial charge in [0.05, 0.1) is 0 Å². The van der Waals surface area contributed by atoms with Crippen molar-refractivity contribution in [3.8, 4) is 6.07 Å². The number of likely N-dealkylation sites (tertiary alicyclic amines) is 1. The van der Waals surface area contributed by atoms with E-state index in [1.165, 1.54) is 0 Å². The van der Waals surface area contributed by atoms with Crippen LogP contribution in [0.25, 0.3) is 6.08 Å². The van der Waals surface area contributed by atoms with Crippen molar-refractivity contribution < 1.29 is 4.79 Å². The molecule has 1 amide bonds. The lowest BCUT2D eigenvalue weighted by Crippen LogP contribution is -2.28. The largest absolute Gasteiger partial charge is 0.338 e. The zero-order valence-corrected chi connectivity index (χ0v) is 10.7. The quantitative estimate of drug-likeness (QED) is 0.471. The third kappa shape index (κ3) is 3.56. The molecule has 1 fully saturated rings. The fraction of sp³-hybridized carbons (Fsp3) is 0.250. The summed E-state index contributed by atoms with van der Waals surface area (Å²) in [6.07, 6.45) is 7.29. The van der Waals surface area contributed by atoms with Crippen LogP contribution in [0.15, 0.2) is 48.1 Å². The molecule has 0 aliphatic carbocycles. The fourth-order valence-electron chi connectivity index (χ4n) is 2.07. The lowest BCUT2D eigenvalue weighted by molar-refractivity contribution is -0.125. The molecule has 1 heterocycles. The average molecular weight is 252 g/mol. The topological polar surface area (TPSA) is 44.1 Å². The van der Waals surface area contributed by atoms with Gasteiger partial charge in [0.1, 0.15) is 11.6 Å². The maximum atomic E-state index is 12.0. The van der Waals surface area contributed by atoms with Gasteiger partial charge >= 0.3 is 0 Å². The Morgan fingerprint density at radius 1 is 1.21 bits per heavy atom. The van der Waals surface area contributed by atoms with Gasteiger partial charge in [0.15, 0.2) is 0 Å². The van der Waals surface area contributed by atoms with E-state index in [1.54, 1.807) is 17.1 Å². The van der Waals surface area contributed by atoms with E-state index >= 15 is 0 Å². The molecule has 1 saturated heterocycles. The Morgan fingerprint density at radius 3 is 2.53 bits per heavy atom. The van der Waals surface area contributed by atoms with E-state index < -0.39 is 0 Å². The molecule has 0 bridgehead atoms. The lowest BCUT2D eigenvalue weighted by Gasteiger charge is -2.13. The number of hydrogen-bond donors (Lipinski definition) is 0. The van der Waals surface area contributed by atoms with Gasteiger partial charge in [-0.25, -0.2) is 0 Å². The van der Waals surface area contributed by atoms with Crippen molar-refractivity contribution >= 4 is 12.0 Å². The molecule has 19 heavy (non-hydrogen) atoms. The van der Waals surface area contributed by atoms with E-state index in [9.17, 15) is 4.79 Å². The van der Waals surface area contributed by atoms with Crippen molar-refractivity contribution in [3.05, 3.63) is 53.6 Å². The summed E-state index contributed by atoms with van der Waals surface area (Å²) in [6, 6.07) is 11.8. The molecule has 0 unspecified atom stereocenters. The van der Waals surface area contributed by atoms with Gasteiger partial charge in [0, 0.05) is 13.1 Å². The second kappa shape index (κ2) is 6.55. The summed E-state index contributed by atoms with van der Waals surface area (Å²) in [5.41, 5.74) is 1.25. The third-order valence-corrected chi connectivity index (χ3v) is 3.10. The predicted octanol–water partition coefficient (Wildman–Crippen LogP) is 2.77. The molecule has 0 atom stereocenters. The first-order valence-electron chi connectivity index (χ1n) is 6.44. The molecule has 96 valence electrons. The Morgan fingerprint density at radius 2 is 1.89 bits per heavy atom. The summed E-state index contributed by atoms with van der Waals surface area (Å²) in [5.74, 6) is -0.155. The Bertz CT molecular complexity index is 532. The van der Waals surface area contributed by atoms with E-state index in [2.05, 4.69) is 0 Å². The molecule has 3 nitrogen and oxygen atoms in total. The molecule has 0 saturated carbocycles. The molecule has 2 rings (SSSR count). The number of hydrogen-bond acceptors (Lipinski definition) is 2. The highest BCUT2D eigenvalue weighted by atomic mass is 16.2. The van der Waals surface area contributed by atoms with Gasteiger partial charge in [-0.05, 0) is 24.5 Å². The average Bonchev–Trinajstić information content (AvgIpc) is 2.98. The molecule has 0 aromatic heterocycles. The fourth-order valence-corrected chi connectivity index (χ4v) is 2.07. The Hall–Kier alpha value is -2.34. The molecule has 0 N–H and O–H groups in total. The van der Waals surface area contributed by atoms with E-state index in [-0.39, 0.29) is 11.5 Å². The van der Waals surface area contributed by atoms with Crippen LogP contribution in [0.4, 0.5) is 0 Å². The van der Waals surface area contributed by atoms with Gasteiger partial charge in [-0.1, -0.05) is 42.5 Å². The number of nitrogens with zero attached hydrogens (tertiary/aromatic N) is 2. The summed E-state index contributed by atoms with van der Waals surface area (Å²) in [5, 5.41) is 9.05. The first-order chi connectivity index (χ1) is 9.31. The number of rotatable bonds is 3. The van der Waals surface area contributed by atoms with Crippen molar-refractivity contribution in [2.45, 2.75) is 12.8 Å². The van der Waals surface area contributed by atoms with Crippen molar-refractivity contribution in [2.24, 2.45) is 0 Å². The van der Waals surface area contributed by atoms with Gasteiger partial charge in [-0.2, -0.15) is 5.26 Å². The summed E-state index contributed by atoms with van der Waals surface area (Å²) < 4.78 is 0. The van der Waals surface area contributed by atoms with E-state index in [0.717, 1.165) is 31.5 Å². The van der Waals surface area contributed by atoms with E-state index in [0.29, 0.717) is 0 Å². The number of benzene rings is 1. The summed E-state index contributed by atoms with van der Waals surface area (Å²) in [4.78, 5) is 13.8. The first kappa shape index (κ1) is 13.1. The smallest absolute Gasteiger partial charge is 0.264 e. The Kier molecular flexibility index (Phi) is 4.52. The minimum atomic E-state index is -0.155. The standard InChI is InChI=1S/C16H16N2O/c17-13-15(16(19)18-11-4-5-12-18)10-6-9-14-7-2-1-3-8-14/h1-3,6-10H,4-5,11-12H2/b9-6+,15-10-. The molecule has 1 aliphatic rings. The van der Waals surface area contributed by atoms with Crippen LogP contribution in [-0.4, -0.2) is 23.9 Å². The number of carbonyl (C=O) groups excluding carboxylic acids is 1. The van der Waals surface area contributed by atoms with Crippen LogP contribution in [0.3, 0.4) is 0 Å². The van der Waals surface area contributed by atoms with Crippen molar-refractivity contribution in [1.82, 2.24) is 4.90 Å². The van der Waals surface area contributed by atoms with Gasteiger partial charge < -0.3 is 4.90 Å². The molecular formula is C16H16N2O. The summed E-state index contributed by atoms with van der Waals surface area (Å²) in [7, 11) is 0. The minimum Gasteiger partial charge on any atom is -0.338 e. The van der Waals surface area contributed by atoms with Crippen LogP contribution in [0.2, 0.25) is 0 Å². The van der Waals surface area contributed by atoms with Crippen LogP contribution >= 0.6 is 0 Å². The Balaban J connectivity index is 2.05. The number of allylic oxidation sites excluding steroid dienone is 2. The third-order valence-electron chi connectivity index (χ3n) is 3.10. The normalized spacial score (nSPS) is 15.7. The second-order valence-electron chi connectivity index (χ2n) is 4.46. The van der Waals surface area contributed by atoms with Crippen LogP contribution in [-0.2, 0) is 4.79 Å². The molecule has 0 spiro atoms. The van der Waals surface area contributed by atoms with Crippen molar-refractivity contribution in [3.63, 3.8) is 0 Å². The summed E-state index contributed by atoms with van der Waals surface area (Å²) >= 11 is 0.